The highest BCUT2D eigenvalue weighted by Crippen LogP contribution is 2.39. The molecule has 0 unspecified atom stereocenters. The number of aliphatic hydroxyl groups is 1. The lowest BCUT2D eigenvalue weighted by molar-refractivity contribution is 0.0691. The van der Waals surface area contributed by atoms with Crippen LogP contribution < -0.4 is 5.43 Å². The molecule has 0 spiro atoms. The highest BCUT2D eigenvalue weighted by molar-refractivity contribution is 6.42. The summed E-state index contributed by atoms with van der Waals surface area (Å²) in [5, 5.41) is 10.5. The molecule has 5 nitrogen and oxygen atoms in total. The number of rotatable bonds is 3. The van der Waals surface area contributed by atoms with Gasteiger partial charge in [0.1, 0.15) is 5.58 Å². The van der Waals surface area contributed by atoms with Crippen LogP contribution in [0.15, 0.2) is 45.6 Å². The van der Waals surface area contributed by atoms with Crippen LogP contribution in [0.4, 0.5) is 0 Å². The van der Waals surface area contributed by atoms with E-state index >= 15 is 0 Å². The molecule has 2 heterocycles. The van der Waals surface area contributed by atoms with Crippen molar-refractivity contribution in [1.29, 1.82) is 0 Å². The zero-order valence-corrected chi connectivity index (χ0v) is 15.8. The monoisotopic (exact) mass is 403 g/mol. The minimum absolute atomic E-state index is 0.000811. The highest BCUT2D eigenvalue weighted by atomic mass is 35.5. The summed E-state index contributed by atoms with van der Waals surface area (Å²) in [6.45, 7) is 1.69. The molecule has 0 saturated heterocycles. The highest BCUT2D eigenvalue weighted by Gasteiger charge is 2.42. The number of carbonyl (C=O) groups excluding carboxylic acids is 1. The molecule has 0 fully saturated rings. The molecule has 1 aliphatic rings. The number of nitrogens with zero attached hydrogens (tertiary/aromatic N) is 1. The van der Waals surface area contributed by atoms with E-state index in [0.717, 1.165) is 5.56 Å². The van der Waals surface area contributed by atoms with Crippen molar-refractivity contribution in [3.05, 3.63) is 79.1 Å². The number of amides is 1. The Bertz CT molecular complexity index is 1140. The van der Waals surface area contributed by atoms with Crippen molar-refractivity contribution in [3.63, 3.8) is 0 Å². The van der Waals surface area contributed by atoms with Gasteiger partial charge in [-0.15, -0.1) is 0 Å². The summed E-state index contributed by atoms with van der Waals surface area (Å²) in [6.07, 6.45) is 0. The van der Waals surface area contributed by atoms with E-state index in [-0.39, 0.29) is 29.9 Å². The quantitative estimate of drug-likeness (QED) is 0.718. The molecule has 138 valence electrons. The van der Waals surface area contributed by atoms with Gasteiger partial charge in [-0.1, -0.05) is 40.9 Å². The Morgan fingerprint density at radius 3 is 2.59 bits per heavy atom. The fourth-order valence-corrected chi connectivity index (χ4v) is 3.81. The smallest absolute Gasteiger partial charge is 0.290 e. The molecule has 3 aromatic rings. The van der Waals surface area contributed by atoms with Gasteiger partial charge >= 0.3 is 0 Å². The number of aryl methyl sites for hydroxylation is 1. The van der Waals surface area contributed by atoms with Crippen molar-refractivity contribution in [2.75, 3.05) is 13.2 Å². The summed E-state index contributed by atoms with van der Waals surface area (Å²) < 4.78 is 5.80. The van der Waals surface area contributed by atoms with Crippen LogP contribution in [0.25, 0.3) is 11.0 Å². The zero-order valence-electron chi connectivity index (χ0n) is 14.3. The van der Waals surface area contributed by atoms with Crippen molar-refractivity contribution >= 4 is 40.1 Å². The number of fused-ring (bicyclic) bond motifs is 2. The van der Waals surface area contributed by atoms with Gasteiger partial charge < -0.3 is 14.4 Å². The first-order chi connectivity index (χ1) is 12.9. The maximum Gasteiger partial charge on any atom is 0.290 e. The number of aliphatic hydroxyl groups excluding tert-OH is 1. The van der Waals surface area contributed by atoms with Gasteiger partial charge in [0.05, 0.1) is 33.6 Å². The molecule has 1 atom stereocenters. The lowest BCUT2D eigenvalue weighted by Gasteiger charge is -2.24. The molecule has 27 heavy (non-hydrogen) atoms. The Kier molecular flexibility index (Phi) is 4.46. The van der Waals surface area contributed by atoms with Crippen LogP contribution in [0.5, 0.6) is 0 Å². The second-order valence-corrected chi connectivity index (χ2v) is 7.29. The summed E-state index contributed by atoms with van der Waals surface area (Å²) in [5.41, 5.74) is 1.89. The first-order valence-corrected chi connectivity index (χ1v) is 9.12. The van der Waals surface area contributed by atoms with Crippen LogP contribution in [-0.4, -0.2) is 29.1 Å². The molecule has 0 saturated carbocycles. The van der Waals surface area contributed by atoms with Gasteiger partial charge in [-0.3, -0.25) is 9.59 Å². The Hall–Kier alpha value is -2.34. The van der Waals surface area contributed by atoms with Crippen LogP contribution in [0.1, 0.15) is 33.3 Å². The number of β-amino-alcohol motifs (C(OH)–C–C–N with tert-alkyl or cyclic N) is 1. The second-order valence-electron chi connectivity index (χ2n) is 6.47. The third-order valence-electron chi connectivity index (χ3n) is 4.72. The largest absolute Gasteiger partial charge is 0.450 e. The average molecular weight is 404 g/mol. The maximum atomic E-state index is 13.2. The number of hydrogen-bond acceptors (Lipinski definition) is 4. The summed E-state index contributed by atoms with van der Waals surface area (Å²) in [6, 6.07) is 9.50. The molecule has 7 heteroatoms. The van der Waals surface area contributed by atoms with Gasteiger partial charge in [-0.25, -0.2) is 0 Å². The van der Waals surface area contributed by atoms with Gasteiger partial charge in [0.15, 0.2) is 5.43 Å². The normalized spacial score (nSPS) is 16.2. The molecule has 1 aliphatic heterocycles. The summed E-state index contributed by atoms with van der Waals surface area (Å²) in [7, 11) is 0. The molecular weight excluding hydrogens is 389 g/mol. The third-order valence-corrected chi connectivity index (χ3v) is 5.46. The van der Waals surface area contributed by atoms with Gasteiger partial charge in [-0.2, -0.15) is 0 Å². The number of hydrogen-bond donors (Lipinski definition) is 1. The van der Waals surface area contributed by atoms with E-state index < -0.39 is 11.9 Å². The van der Waals surface area contributed by atoms with Crippen molar-refractivity contribution < 1.29 is 14.3 Å². The Morgan fingerprint density at radius 1 is 1.11 bits per heavy atom. The summed E-state index contributed by atoms with van der Waals surface area (Å²) in [5.74, 6) is -0.435. The van der Waals surface area contributed by atoms with Crippen molar-refractivity contribution in [2.24, 2.45) is 0 Å². The SMILES string of the molecule is Cc1ccc2oc3c(c(=O)c2c1)[C@H](c1ccc(Cl)c(Cl)c1)N(CCO)C3=O. The van der Waals surface area contributed by atoms with E-state index in [2.05, 4.69) is 0 Å². The summed E-state index contributed by atoms with van der Waals surface area (Å²) >= 11 is 12.2. The molecule has 0 radical (unpaired) electrons. The van der Waals surface area contributed by atoms with E-state index in [1.165, 1.54) is 4.90 Å². The lowest BCUT2D eigenvalue weighted by Crippen LogP contribution is -2.32. The Balaban J connectivity index is 2.02. The Labute approximate surface area is 164 Å². The fourth-order valence-electron chi connectivity index (χ4n) is 3.50. The van der Waals surface area contributed by atoms with Gasteiger partial charge in [0, 0.05) is 6.54 Å². The van der Waals surface area contributed by atoms with Crippen LogP contribution >= 0.6 is 23.2 Å². The molecule has 0 bridgehead atoms. The topological polar surface area (TPSA) is 70.8 Å². The van der Waals surface area contributed by atoms with E-state index in [0.29, 0.717) is 26.6 Å². The maximum absolute atomic E-state index is 13.2. The molecule has 2 aromatic carbocycles. The first-order valence-electron chi connectivity index (χ1n) is 8.36. The number of carbonyl (C=O) groups is 1. The van der Waals surface area contributed by atoms with Crippen LogP contribution in [0.3, 0.4) is 0 Å². The predicted molar refractivity (Wildman–Crippen MR) is 104 cm³/mol. The van der Waals surface area contributed by atoms with Gasteiger partial charge in [0.2, 0.25) is 5.76 Å². The average Bonchev–Trinajstić information content (AvgIpc) is 2.91. The Morgan fingerprint density at radius 2 is 1.89 bits per heavy atom. The molecule has 1 amide bonds. The predicted octanol–water partition coefficient (Wildman–Crippen LogP) is 3.95. The van der Waals surface area contributed by atoms with E-state index in [4.69, 9.17) is 27.6 Å². The minimum Gasteiger partial charge on any atom is -0.450 e. The molecule has 0 aliphatic carbocycles. The van der Waals surface area contributed by atoms with E-state index in [1.54, 1.807) is 30.3 Å². The zero-order chi connectivity index (χ0) is 19.3. The molecule has 4 rings (SSSR count). The number of benzene rings is 2. The van der Waals surface area contributed by atoms with E-state index in [1.807, 2.05) is 13.0 Å². The molecule has 1 aromatic heterocycles. The van der Waals surface area contributed by atoms with Crippen LogP contribution in [0.2, 0.25) is 10.0 Å². The van der Waals surface area contributed by atoms with Crippen LogP contribution in [0, 0.1) is 6.92 Å². The summed E-state index contributed by atoms with van der Waals surface area (Å²) in [4.78, 5) is 27.6. The second kappa shape index (κ2) is 6.68. The van der Waals surface area contributed by atoms with Gasteiger partial charge in [0.25, 0.3) is 5.91 Å². The van der Waals surface area contributed by atoms with Crippen molar-refractivity contribution in [3.8, 4) is 0 Å². The minimum atomic E-state index is -0.699. The van der Waals surface area contributed by atoms with Crippen molar-refractivity contribution in [2.45, 2.75) is 13.0 Å². The lowest BCUT2D eigenvalue weighted by atomic mass is 9.98. The first kappa shape index (κ1) is 18.0. The van der Waals surface area contributed by atoms with Crippen molar-refractivity contribution in [1.82, 2.24) is 4.90 Å². The standard InChI is InChI=1S/C20H15Cl2NO4/c1-10-2-5-15-12(8-10)18(25)16-17(11-3-4-13(21)14(22)9-11)23(6-7-24)20(26)19(16)27-15/h2-5,8-9,17,24H,6-7H2,1H3/t17-/m0/s1. The molecular formula is C20H15Cl2NO4. The fraction of sp³-hybridized carbons (Fsp3) is 0.200. The third kappa shape index (κ3) is 2.83. The number of halogens is 2. The molecule has 1 N–H and O–H groups in total. The van der Waals surface area contributed by atoms with Crippen LogP contribution in [-0.2, 0) is 0 Å². The van der Waals surface area contributed by atoms with Gasteiger partial charge in [-0.05, 0) is 36.8 Å². The van der Waals surface area contributed by atoms with E-state index in [9.17, 15) is 14.7 Å².